The Hall–Kier alpha value is -1.75. The van der Waals surface area contributed by atoms with E-state index in [4.69, 9.17) is 21.4 Å². The molecule has 0 bridgehead atoms. The highest BCUT2D eigenvalue weighted by Gasteiger charge is 2.28. The first-order chi connectivity index (χ1) is 9.56. The van der Waals surface area contributed by atoms with Gasteiger partial charge in [0.1, 0.15) is 5.75 Å². The van der Waals surface area contributed by atoms with Crippen molar-refractivity contribution in [1.29, 1.82) is 0 Å². The van der Waals surface area contributed by atoms with Crippen LogP contribution in [-0.4, -0.2) is 41.6 Å². The van der Waals surface area contributed by atoms with Crippen molar-refractivity contribution < 1.29 is 19.4 Å². The number of hydrogen-bond acceptors (Lipinski definition) is 3. The van der Waals surface area contributed by atoms with Gasteiger partial charge in [-0.25, -0.2) is 0 Å². The van der Waals surface area contributed by atoms with Gasteiger partial charge >= 0.3 is 5.97 Å². The number of rotatable bonds is 4. The highest BCUT2D eigenvalue weighted by atomic mass is 35.5. The molecule has 1 saturated heterocycles. The number of carbonyl (C=O) groups excluding carboxylic acids is 1. The van der Waals surface area contributed by atoms with E-state index in [0.29, 0.717) is 30.2 Å². The zero-order valence-corrected chi connectivity index (χ0v) is 11.7. The molecular weight excluding hydrogens is 282 g/mol. The SMILES string of the molecule is O=C(O)[C@@H]1CCCN(C(=O)COc2cccc(Cl)c2)C1. The van der Waals surface area contributed by atoms with E-state index in [0.717, 1.165) is 0 Å². The van der Waals surface area contributed by atoms with Gasteiger partial charge in [-0.15, -0.1) is 0 Å². The maximum atomic E-state index is 12.0. The number of carbonyl (C=O) groups is 2. The fourth-order valence-electron chi connectivity index (χ4n) is 2.20. The summed E-state index contributed by atoms with van der Waals surface area (Å²) in [6.07, 6.45) is 1.33. The van der Waals surface area contributed by atoms with Crippen LogP contribution in [-0.2, 0) is 9.59 Å². The molecule has 0 unspecified atom stereocenters. The van der Waals surface area contributed by atoms with Crippen molar-refractivity contribution in [1.82, 2.24) is 4.90 Å². The highest BCUT2D eigenvalue weighted by molar-refractivity contribution is 6.30. The van der Waals surface area contributed by atoms with Crippen LogP contribution in [0.15, 0.2) is 24.3 Å². The lowest BCUT2D eigenvalue weighted by Gasteiger charge is -2.30. The molecule has 0 saturated carbocycles. The largest absolute Gasteiger partial charge is 0.484 e. The van der Waals surface area contributed by atoms with Crippen LogP contribution in [0.25, 0.3) is 0 Å². The lowest BCUT2D eigenvalue weighted by atomic mass is 9.98. The number of carboxylic acid groups (broad SMARTS) is 1. The predicted octanol–water partition coefficient (Wildman–Crippen LogP) is 2.04. The van der Waals surface area contributed by atoms with Crippen LogP contribution < -0.4 is 4.74 Å². The van der Waals surface area contributed by atoms with Crippen LogP contribution in [0.3, 0.4) is 0 Å². The average Bonchev–Trinajstić information content (AvgIpc) is 2.45. The van der Waals surface area contributed by atoms with Gasteiger partial charge in [0.2, 0.25) is 0 Å². The van der Waals surface area contributed by atoms with Crippen molar-refractivity contribution in [3.63, 3.8) is 0 Å². The van der Waals surface area contributed by atoms with Crippen molar-refractivity contribution >= 4 is 23.5 Å². The third-order valence-electron chi connectivity index (χ3n) is 3.28. The van der Waals surface area contributed by atoms with Crippen molar-refractivity contribution in [2.45, 2.75) is 12.8 Å². The monoisotopic (exact) mass is 297 g/mol. The zero-order chi connectivity index (χ0) is 14.5. The lowest BCUT2D eigenvalue weighted by Crippen LogP contribution is -2.44. The fourth-order valence-corrected chi connectivity index (χ4v) is 2.38. The van der Waals surface area contributed by atoms with Crippen LogP contribution in [0.4, 0.5) is 0 Å². The average molecular weight is 298 g/mol. The molecule has 1 aliphatic rings. The summed E-state index contributed by atoms with van der Waals surface area (Å²) < 4.78 is 5.37. The van der Waals surface area contributed by atoms with E-state index in [-0.39, 0.29) is 19.1 Å². The number of halogens is 1. The molecule has 1 amide bonds. The van der Waals surface area contributed by atoms with Gasteiger partial charge in [0.25, 0.3) is 5.91 Å². The standard InChI is InChI=1S/C14H16ClNO4/c15-11-4-1-5-12(7-11)20-9-13(17)16-6-2-3-10(8-16)14(18)19/h1,4-5,7,10H,2-3,6,8-9H2,(H,18,19)/t10-/m1/s1. The number of nitrogens with zero attached hydrogens (tertiary/aromatic N) is 1. The molecule has 0 aliphatic carbocycles. The van der Waals surface area contributed by atoms with Gasteiger partial charge in [-0.3, -0.25) is 9.59 Å². The Morgan fingerprint density at radius 1 is 1.45 bits per heavy atom. The number of amides is 1. The summed E-state index contributed by atoms with van der Waals surface area (Å²) in [6, 6.07) is 6.81. The van der Waals surface area contributed by atoms with Gasteiger partial charge in [0.05, 0.1) is 5.92 Å². The normalized spacial score (nSPS) is 18.6. The number of piperidine rings is 1. The molecular formula is C14H16ClNO4. The van der Waals surface area contributed by atoms with E-state index in [2.05, 4.69) is 0 Å². The van der Waals surface area contributed by atoms with Gasteiger partial charge in [0, 0.05) is 18.1 Å². The molecule has 1 fully saturated rings. The van der Waals surface area contributed by atoms with Crippen LogP contribution in [0, 0.1) is 5.92 Å². The summed E-state index contributed by atoms with van der Waals surface area (Å²) in [5.74, 6) is -0.995. The summed E-state index contributed by atoms with van der Waals surface area (Å²) in [5, 5.41) is 9.53. The van der Waals surface area contributed by atoms with Gasteiger partial charge in [0.15, 0.2) is 6.61 Å². The molecule has 1 aromatic rings. The van der Waals surface area contributed by atoms with E-state index in [9.17, 15) is 9.59 Å². The molecule has 6 heteroatoms. The quantitative estimate of drug-likeness (QED) is 0.923. The number of carboxylic acids is 1. The molecule has 1 atom stereocenters. The van der Waals surface area contributed by atoms with E-state index < -0.39 is 11.9 Å². The zero-order valence-electron chi connectivity index (χ0n) is 10.9. The molecule has 1 N–H and O–H groups in total. The maximum Gasteiger partial charge on any atom is 0.308 e. The summed E-state index contributed by atoms with van der Waals surface area (Å²) in [7, 11) is 0. The van der Waals surface area contributed by atoms with E-state index in [1.165, 1.54) is 0 Å². The summed E-state index contributed by atoms with van der Waals surface area (Å²) in [5.41, 5.74) is 0. The first kappa shape index (κ1) is 14.7. The summed E-state index contributed by atoms with van der Waals surface area (Å²) >= 11 is 5.82. The van der Waals surface area contributed by atoms with Crippen molar-refractivity contribution in [3.8, 4) is 5.75 Å². The van der Waals surface area contributed by atoms with Gasteiger partial charge in [-0.05, 0) is 31.0 Å². The molecule has 20 heavy (non-hydrogen) atoms. The Kier molecular flexibility index (Phi) is 4.84. The first-order valence-corrected chi connectivity index (χ1v) is 6.83. The van der Waals surface area contributed by atoms with Crippen LogP contribution in [0.5, 0.6) is 5.75 Å². The van der Waals surface area contributed by atoms with Gasteiger partial charge < -0.3 is 14.7 Å². The van der Waals surface area contributed by atoms with E-state index in [1.807, 2.05) is 0 Å². The van der Waals surface area contributed by atoms with Crippen LogP contribution >= 0.6 is 11.6 Å². The third kappa shape index (κ3) is 3.87. The third-order valence-corrected chi connectivity index (χ3v) is 3.52. The second kappa shape index (κ2) is 6.61. The smallest absolute Gasteiger partial charge is 0.308 e. The lowest BCUT2D eigenvalue weighted by molar-refractivity contribution is -0.146. The molecule has 0 aromatic heterocycles. The fraction of sp³-hybridized carbons (Fsp3) is 0.429. The topological polar surface area (TPSA) is 66.8 Å². The number of hydrogen-bond donors (Lipinski definition) is 1. The molecule has 1 aliphatic heterocycles. The van der Waals surface area contributed by atoms with Crippen LogP contribution in [0.2, 0.25) is 5.02 Å². The van der Waals surface area contributed by atoms with Gasteiger partial charge in [-0.1, -0.05) is 17.7 Å². The molecule has 1 aromatic carbocycles. The van der Waals surface area contributed by atoms with Crippen LogP contribution in [0.1, 0.15) is 12.8 Å². The number of benzene rings is 1. The van der Waals surface area contributed by atoms with Crippen molar-refractivity contribution in [2.24, 2.45) is 5.92 Å². The molecule has 0 spiro atoms. The van der Waals surface area contributed by atoms with Crippen molar-refractivity contribution in [3.05, 3.63) is 29.3 Å². The second-order valence-corrected chi connectivity index (χ2v) is 5.20. The first-order valence-electron chi connectivity index (χ1n) is 6.45. The molecule has 0 radical (unpaired) electrons. The molecule has 5 nitrogen and oxygen atoms in total. The molecule has 1 heterocycles. The van der Waals surface area contributed by atoms with Crippen molar-refractivity contribution in [2.75, 3.05) is 19.7 Å². The Balaban J connectivity index is 1.87. The molecule has 2 rings (SSSR count). The Labute approximate surface area is 122 Å². The maximum absolute atomic E-state index is 12.0. The van der Waals surface area contributed by atoms with Gasteiger partial charge in [-0.2, -0.15) is 0 Å². The number of aliphatic carboxylic acids is 1. The minimum Gasteiger partial charge on any atom is -0.484 e. The second-order valence-electron chi connectivity index (χ2n) is 4.76. The Morgan fingerprint density at radius 3 is 2.95 bits per heavy atom. The predicted molar refractivity (Wildman–Crippen MR) is 73.9 cm³/mol. The summed E-state index contributed by atoms with van der Waals surface area (Å²) in [4.78, 5) is 24.5. The number of likely N-dealkylation sites (tertiary alicyclic amines) is 1. The minimum atomic E-state index is -0.849. The Morgan fingerprint density at radius 2 is 2.25 bits per heavy atom. The Bertz CT molecular complexity index is 506. The minimum absolute atomic E-state index is 0.104. The van der Waals surface area contributed by atoms with E-state index >= 15 is 0 Å². The number of ether oxygens (including phenoxy) is 1. The van der Waals surface area contributed by atoms with E-state index in [1.54, 1.807) is 29.2 Å². The summed E-state index contributed by atoms with van der Waals surface area (Å²) in [6.45, 7) is 0.737. The highest BCUT2D eigenvalue weighted by Crippen LogP contribution is 2.19. The molecule has 108 valence electrons.